The third-order valence-corrected chi connectivity index (χ3v) is 6.28. The van der Waals surface area contributed by atoms with Gasteiger partial charge in [-0.1, -0.05) is 12.1 Å². The SMILES string of the molecule is O=S(CC1CS1)c1ccc2c(c1)CNc1ccccc1O2. The summed E-state index contributed by atoms with van der Waals surface area (Å²) in [6.07, 6.45) is 0. The summed E-state index contributed by atoms with van der Waals surface area (Å²) >= 11 is 1.88. The second kappa shape index (κ2) is 5.39. The molecule has 2 aliphatic heterocycles. The summed E-state index contributed by atoms with van der Waals surface area (Å²) < 4.78 is 18.3. The van der Waals surface area contributed by atoms with E-state index >= 15 is 0 Å². The van der Waals surface area contributed by atoms with Crippen LogP contribution in [0, 0.1) is 0 Å². The fraction of sp³-hybridized carbons (Fsp3) is 0.250. The molecule has 0 spiro atoms. The average molecular weight is 317 g/mol. The van der Waals surface area contributed by atoms with Crippen LogP contribution in [0.15, 0.2) is 47.4 Å². The van der Waals surface area contributed by atoms with Crippen molar-refractivity contribution in [1.82, 2.24) is 0 Å². The van der Waals surface area contributed by atoms with Crippen molar-refractivity contribution < 1.29 is 8.95 Å². The Morgan fingerprint density at radius 2 is 2.10 bits per heavy atom. The number of nitrogens with one attached hydrogen (secondary N) is 1. The molecule has 0 amide bonds. The number of thioether (sulfide) groups is 1. The van der Waals surface area contributed by atoms with E-state index in [9.17, 15) is 4.21 Å². The summed E-state index contributed by atoms with van der Waals surface area (Å²) in [6, 6.07) is 13.8. The van der Waals surface area contributed by atoms with Crippen molar-refractivity contribution in [3.8, 4) is 11.5 Å². The van der Waals surface area contributed by atoms with Gasteiger partial charge in [-0.2, -0.15) is 11.8 Å². The van der Waals surface area contributed by atoms with E-state index in [1.54, 1.807) is 0 Å². The molecule has 2 heterocycles. The van der Waals surface area contributed by atoms with Gasteiger partial charge in [0.1, 0.15) is 5.75 Å². The zero-order valence-electron chi connectivity index (χ0n) is 11.4. The number of anilines is 1. The molecule has 2 aliphatic rings. The van der Waals surface area contributed by atoms with Gasteiger partial charge in [0.05, 0.1) is 16.5 Å². The molecule has 21 heavy (non-hydrogen) atoms. The fourth-order valence-electron chi connectivity index (χ4n) is 2.38. The lowest BCUT2D eigenvalue weighted by Crippen LogP contribution is -2.05. The number of rotatable bonds is 3. The van der Waals surface area contributed by atoms with Gasteiger partial charge < -0.3 is 10.1 Å². The van der Waals surface area contributed by atoms with Crippen molar-refractivity contribution in [1.29, 1.82) is 0 Å². The van der Waals surface area contributed by atoms with E-state index < -0.39 is 10.8 Å². The first kappa shape index (κ1) is 13.2. The fourth-order valence-corrected chi connectivity index (χ4v) is 4.68. The predicted octanol–water partition coefficient (Wildman–Crippen LogP) is 3.63. The monoisotopic (exact) mass is 317 g/mol. The number of hydrogen-bond donors (Lipinski definition) is 1. The minimum absolute atomic E-state index is 0.586. The van der Waals surface area contributed by atoms with Crippen molar-refractivity contribution in [3.63, 3.8) is 0 Å². The Morgan fingerprint density at radius 3 is 2.95 bits per heavy atom. The Bertz CT molecular complexity index is 713. The molecule has 2 atom stereocenters. The van der Waals surface area contributed by atoms with Gasteiger partial charge in [0.25, 0.3) is 0 Å². The highest BCUT2D eigenvalue weighted by molar-refractivity contribution is 8.07. The molecular weight excluding hydrogens is 302 g/mol. The number of para-hydroxylation sites is 2. The van der Waals surface area contributed by atoms with Crippen molar-refractivity contribution in [3.05, 3.63) is 48.0 Å². The highest BCUT2D eigenvalue weighted by Crippen LogP contribution is 2.37. The summed E-state index contributed by atoms with van der Waals surface area (Å²) in [6.45, 7) is 0.690. The van der Waals surface area contributed by atoms with E-state index in [0.29, 0.717) is 11.8 Å². The first-order valence-corrected chi connectivity index (χ1v) is 9.30. The molecule has 2 unspecified atom stereocenters. The largest absolute Gasteiger partial charge is 0.455 e. The maximum atomic E-state index is 12.3. The van der Waals surface area contributed by atoms with Crippen LogP contribution < -0.4 is 10.1 Å². The Morgan fingerprint density at radius 1 is 1.24 bits per heavy atom. The van der Waals surface area contributed by atoms with E-state index in [2.05, 4.69) is 5.32 Å². The molecule has 0 aromatic heterocycles. The molecule has 1 fully saturated rings. The minimum Gasteiger partial charge on any atom is -0.455 e. The van der Waals surface area contributed by atoms with Gasteiger partial charge in [0.2, 0.25) is 0 Å². The second-order valence-electron chi connectivity index (χ2n) is 5.19. The molecular formula is C16H15NO2S2. The summed E-state index contributed by atoms with van der Waals surface area (Å²) in [5, 5.41) is 3.96. The molecule has 3 nitrogen and oxygen atoms in total. The molecule has 0 bridgehead atoms. The molecule has 2 aromatic rings. The van der Waals surface area contributed by atoms with Crippen LogP contribution in [0.4, 0.5) is 5.69 Å². The lowest BCUT2D eigenvalue weighted by molar-refractivity contribution is 0.483. The standard InChI is InChI=1S/C16H15NO2S2/c18-21(10-12-9-20-12)13-5-6-15-11(7-13)8-17-14-3-1-2-4-16(14)19-15/h1-7,12,17H,8-10H2. The smallest absolute Gasteiger partial charge is 0.150 e. The van der Waals surface area contributed by atoms with Crippen molar-refractivity contribution >= 4 is 28.2 Å². The van der Waals surface area contributed by atoms with Crippen molar-refractivity contribution in [2.24, 2.45) is 0 Å². The van der Waals surface area contributed by atoms with Crippen LogP contribution in [0.25, 0.3) is 0 Å². The molecule has 1 N–H and O–H groups in total. The third-order valence-electron chi connectivity index (χ3n) is 3.61. The number of benzene rings is 2. The first-order chi connectivity index (χ1) is 10.3. The van der Waals surface area contributed by atoms with E-state index in [1.807, 2.05) is 54.2 Å². The predicted molar refractivity (Wildman–Crippen MR) is 87.8 cm³/mol. The normalized spacial score (nSPS) is 20.3. The third kappa shape index (κ3) is 2.80. The lowest BCUT2D eigenvalue weighted by Gasteiger charge is -2.09. The van der Waals surface area contributed by atoms with Gasteiger partial charge in [-0.15, -0.1) is 0 Å². The van der Waals surface area contributed by atoms with Crippen LogP contribution in [0.3, 0.4) is 0 Å². The van der Waals surface area contributed by atoms with E-state index in [0.717, 1.165) is 39.2 Å². The maximum absolute atomic E-state index is 12.3. The molecule has 0 saturated carbocycles. The Hall–Kier alpha value is -1.46. The van der Waals surface area contributed by atoms with Gasteiger partial charge in [-0.3, -0.25) is 4.21 Å². The minimum atomic E-state index is -0.909. The van der Waals surface area contributed by atoms with Gasteiger partial charge in [-0.05, 0) is 30.3 Å². The van der Waals surface area contributed by atoms with Gasteiger partial charge in [-0.25, -0.2) is 0 Å². The van der Waals surface area contributed by atoms with Crippen LogP contribution in [-0.4, -0.2) is 21.0 Å². The van der Waals surface area contributed by atoms with Crippen molar-refractivity contribution in [2.45, 2.75) is 16.7 Å². The number of fused-ring (bicyclic) bond motifs is 2. The zero-order valence-corrected chi connectivity index (χ0v) is 13.0. The topological polar surface area (TPSA) is 38.3 Å². The quantitative estimate of drug-likeness (QED) is 0.877. The zero-order chi connectivity index (χ0) is 14.2. The van der Waals surface area contributed by atoms with E-state index in [4.69, 9.17) is 4.74 Å². The molecule has 0 aliphatic carbocycles. The Balaban J connectivity index is 1.62. The molecule has 108 valence electrons. The highest BCUT2D eigenvalue weighted by Gasteiger charge is 2.25. The van der Waals surface area contributed by atoms with Gasteiger partial charge >= 0.3 is 0 Å². The molecule has 1 saturated heterocycles. The average Bonchev–Trinajstić information content (AvgIpc) is 3.32. The van der Waals surface area contributed by atoms with Crippen LogP contribution in [0.2, 0.25) is 0 Å². The number of hydrogen-bond acceptors (Lipinski definition) is 4. The number of ether oxygens (including phenoxy) is 1. The van der Waals surface area contributed by atoms with E-state index in [1.165, 1.54) is 0 Å². The Kier molecular flexibility index (Phi) is 3.39. The van der Waals surface area contributed by atoms with Crippen molar-refractivity contribution in [2.75, 3.05) is 16.8 Å². The molecule has 0 radical (unpaired) electrons. The lowest BCUT2D eigenvalue weighted by atomic mass is 10.2. The Labute approximate surface area is 130 Å². The summed E-state index contributed by atoms with van der Waals surface area (Å²) in [5.41, 5.74) is 2.05. The van der Waals surface area contributed by atoms with Crippen LogP contribution in [0.5, 0.6) is 11.5 Å². The van der Waals surface area contributed by atoms with Crippen LogP contribution in [0.1, 0.15) is 5.56 Å². The van der Waals surface area contributed by atoms with E-state index in [-0.39, 0.29) is 0 Å². The molecule has 4 rings (SSSR count). The highest BCUT2D eigenvalue weighted by atomic mass is 32.2. The van der Waals surface area contributed by atoms with Gasteiger partial charge in [0, 0.05) is 33.8 Å². The molecule has 5 heteroatoms. The maximum Gasteiger partial charge on any atom is 0.150 e. The summed E-state index contributed by atoms with van der Waals surface area (Å²) in [4.78, 5) is 0.901. The van der Waals surface area contributed by atoms with Crippen LogP contribution in [-0.2, 0) is 17.3 Å². The van der Waals surface area contributed by atoms with Gasteiger partial charge in [0.15, 0.2) is 5.75 Å². The summed E-state index contributed by atoms with van der Waals surface area (Å²) in [7, 11) is -0.909. The van der Waals surface area contributed by atoms with Crippen LogP contribution >= 0.6 is 11.8 Å². The first-order valence-electron chi connectivity index (χ1n) is 6.93. The molecule has 2 aromatic carbocycles. The second-order valence-corrected chi connectivity index (χ2v) is 8.02. The summed E-state index contributed by atoms with van der Waals surface area (Å²) in [5.74, 6) is 3.59.